The van der Waals surface area contributed by atoms with E-state index in [0.29, 0.717) is 0 Å². The molecule has 0 saturated carbocycles. The van der Waals surface area contributed by atoms with Crippen LogP contribution in [0.25, 0.3) is 16.6 Å². The molecular weight excluding hydrogens is 210 g/mol. The first kappa shape index (κ1) is 9.97. The number of para-hydroxylation sites is 2. The molecule has 0 fully saturated rings. The molecule has 1 heterocycles. The summed E-state index contributed by atoms with van der Waals surface area (Å²) in [6.07, 6.45) is 2.07. The van der Waals surface area contributed by atoms with Crippen molar-refractivity contribution in [2.24, 2.45) is 0 Å². The molecular formula is C15H13NO. The Balaban J connectivity index is 2.31. The fourth-order valence-corrected chi connectivity index (χ4v) is 2.13. The molecule has 0 N–H and O–H groups in total. The highest BCUT2D eigenvalue weighted by Gasteiger charge is 2.07. The van der Waals surface area contributed by atoms with Crippen molar-refractivity contribution in [1.29, 1.82) is 0 Å². The summed E-state index contributed by atoms with van der Waals surface area (Å²) in [5, 5.41) is 1.19. The van der Waals surface area contributed by atoms with E-state index in [0.717, 1.165) is 17.0 Å². The third-order valence-corrected chi connectivity index (χ3v) is 2.93. The Kier molecular flexibility index (Phi) is 2.33. The second-order valence-electron chi connectivity index (χ2n) is 3.92. The van der Waals surface area contributed by atoms with Crippen LogP contribution < -0.4 is 4.74 Å². The molecule has 0 saturated heterocycles. The van der Waals surface area contributed by atoms with Gasteiger partial charge in [0.05, 0.1) is 12.6 Å². The third kappa shape index (κ3) is 1.58. The molecule has 0 aliphatic rings. The number of ether oxygens (including phenoxy) is 1. The van der Waals surface area contributed by atoms with Crippen LogP contribution in [0.1, 0.15) is 0 Å². The number of methoxy groups -OCH3 is 1. The van der Waals surface area contributed by atoms with E-state index in [1.54, 1.807) is 7.11 Å². The van der Waals surface area contributed by atoms with Gasteiger partial charge in [-0.2, -0.15) is 0 Å². The second-order valence-corrected chi connectivity index (χ2v) is 3.92. The number of benzene rings is 2. The summed E-state index contributed by atoms with van der Waals surface area (Å²) in [6.45, 7) is 0. The van der Waals surface area contributed by atoms with Gasteiger partial charge in [-0.25, -0.2) is 0 Å². The van der Waals surface area contributed by atoms with Crippen LogP contribution >= 0.6 is 0 Å². The van der Waals surface area contributed by atoms with Gasteiger partial charge < -0.3 is 9.30 Å². The Morgan fingerprint density at radius 2 is 1.71 bits per heavy atom. The average Bonchev–Trinajstić information content (AvgIpc) is 2.83. The molecule has 0 unspecified atom stereocenters. The maximum atomic E-state index is 5.43. The molecule has 2 heteroatoms. The Bertz CT molecular complexity index is 640. The van der Waals surface area contributed by atoms with Crippen LogP contribution in [-0.2, 0) is 0 Å². The Hall–Kier alpha value is -2.22. The van der Waals surface area contributed by atoms with Crippen LogP contribution in [0, 0.1) is 0 Å². The van der Waals surface area contributed by atoms with Crippen LogP contribution in [0.2, 0.25) is 0 Å². The minimum atomic E-state index is 0.899. The number of hydrogen-bond donors (Lipinski definition) is 0. The maximum absolute atomic E-state index is 5.43. The lowest BCUT2D eigenvalue weighted by Crippen LogP contribution is -1.93. The van der Waals surface area contributed by atoms with Crippen molar-refractivity contribution in [3.63, 3.8) is 0 Å². The lowest BCUT2D eigenvalue weighted by Gasteiger charge is -2.08. The minimum absolute atomic E-state index is 0.899. The predicted molar refractivity (Wildman–Crippen MR) is 69.8 cm³/mol. The summed E-state index contributed by atoms with van der Waals surface area (Å²) in [4.78, 5) is 0. The first-order valence-electron chi connectivity index (χ1n) is 5.59. The quantitative estimate of drug-likeness (QED) is 0.647. The van der Waals surface area contributed by atoms with E-state index in [4.69, 9.17) is 4.74 Å². The largest absolute Gasteiger partial charge is 0.495 e. The SMILES string of the molecule is COc1cccc2ccn(-c3ccccc3)c12. The van der Waals surface area contributed by atoms with Gasteiger partial charge in [0.25, 0.3) is 0 Å². The van der Waals surface area contributed by atoms with E-state index in [1.807, 2.05) is 30.3 Å². The summed E-state index contributed by atoms with van der Waals surface area (Å²) in [6, 6.07) is 18.5. The van der Waals surface area contributed by atoms with Gasteiger partial charge in [0, 0.05) is 17.3 Å². The van der Waals surface area contributed by atoms with Gasteiger partial charge in [-0.3, -0.25) is 0 Å². The zero-order chi connectivity index (χ0) is 11.7. The van der Waals surface area contributed by atoms with E-state index in [9.17, 15) is 0 Å². The molecule has 17 heavy (non-hydrogen) atoms. The number of aromatic nitrogens is 1. The molecule has 0 bridgehead atoms. The first-order valence-corrected chi connectivity index (χ1v) is 5.59. The zero-order valence-corrected chi connectivity index (χ0v) is 9.63. The zero-order valence-electron chi connectivity index (χ0n) is 9.63. The monoisotopic (exact) mass is 223 g/mol. The molecule has 3 aromatic rings. The van der Waals surface area contributed by atoms with Crippen molar-refractivity contribution in [2.45, 2.75) is 0 Å². The van der Waals surface area contributed by atoms with Gasteiger partial charge in [-0.1, -0.05) is 30.3 Å². The van der Waals surface area contributed by atoms with E-state index < -0.39 is 0 Å². The van der Waals surface area contributed by atoms with Crippen LogP contribution in [0.3, 0.4) is 0 Å². The van der Waals surface area contributed by atoms with Crippen molar-refractivity contribution in [1.82, 2.24) is 4.57 Å². The lowest BCUT2D eigenvalue weighted by molar-refractivity contribution is 0.418. The summed E-state index contributed by atoms with van der Waals surface area (Å²) >= 11 is 0. The van der Waals surface area contributed by atoms with Gasteiger partial charge in [0.1, 0.15) is 5.75 Å². The van der Waals surface area contributed by atoms with E-state index in [2.05, 4.69) is 35.0 Å². The highest BCUT2D eigenvalue weighted by Crippen LogP contribution is 2.28. The molecule has 0 spiro atoms. The molecule has 0 aliphatic carbocycles. The third-order valence-electron chi connectivity index (χ3n) is 2.93. The Labute approximate surface area is 100 Å². The molecule has 2 aromatic carbocycles. The molecule has 0 radical (unpaired) electrons. The summed E-state index contributed by atoms with van der Waals surface area (Å²) in [5.74, 6) is 0.899. The molecule has 84 valence electrons. The van der Waals surface area contributed by atoms with Crippen LogP contribution in [-0.4, -0.2) is 11.7 Å². The summed E-state index contributed by atoms with van der Waals surface area (Å²) < 4.78 is 7.57. The van der Waals surface area contributed by atoms with Crippen molar-refractivity contribution in [3.05, 3.63) is 60.8 Å². The van der Waals surface area contributed by atoms with Crippen LogP contribution in [0.4, 0.5) is 0 Å². The fourth-order valence-electron chi connectivity index (χ4n) is 2.13. The minimum Gasteiger partial charge on any atom is -0.495 e. The molecule has 2 nitrogen and oxygen atoms in total. The number of fused-ring (bicyclic) bond motifs is 1. The normalized spacial score (nSPS) is 10.6. The highest BCUT2D eigenvalue weighted by atomic mass is 16.5. The van der Waals surface area contributed by atoms with Crippen molar-refractivity contribution in [2.75, 3.05) is 7.11 Å². The van der Waals surface area contributed by atoms with E-state index in [1.165, 1.54) is 5.39 Å². The van der Waals surface area contributed by atoms with Crippen molar-refractivity contribution in [3.8, 4) is 11.4 Å². The van der Waals surface area contributed by atoms with Crippen LogP contribution in [0.5, 0.6) is 5.75 Å². The topological polar surface area (TPSA) is 14.2 Å². The smallest absolute Gasteiger partial charge is 0.143 e. The van der Waals surface area contributed by atoms with Crippen LogP contribution in [0.15, 0.2) is 60.8 Å². The summed E-state index contributed by atoms with van der Waals surface area (Å²) in [5.41, 5.74) is 2.26. The standard InChI is InChI=1S/C15H13NO/c1-17-14-9-5-6-12-10-11-16(15(12)14)13-7-3-2-4-8-13/h2-11H,1H3. The van der Waals surface area contributed by atoms with Gasteiger partial charge >= 0.3 is 0 Å². The van der Waals surface area contributed by atoms with E-state index >= 15 is 0 Å². The summed E-state index contributed by atoms with van der Waals surface area (Å²) in [7, 11) is 1.71. The van der Waals surface area contributed by atoms with Crippen molar-refractivity contribution >= 4 is 10.9 Å². The Morgan fingerprint density at radius 1 is 0.882 bits per heavy atom. The van der Waals surface area contributed by atoms with Gasteiger partial charge in [0.15, 0.2) is 0 Å². The highest BCUT2D eigenvalue weighted by molar-refractivity contribution is 5.87. The fraction of sp³-hybridized carbons (Fsp3) is 0.0667. The number of nitrogens with zero attached hydrogens (tertiary/aromatic N) is 1. The van der Waals surface area contributed by atoms with Gasteiger partial charge in [-0.15, -0.1) is 0 Å². The Morgan fingerprint density at radius 3 is 2.47 bits per heavy atom. The molecule has 1 aromatic heterocycles. The first-order chi connectivity index (χ1) is 8.40. The molecule has 0 amide bonds. The molecule has 0 aliphatic heterocycles. The van der Waals surface area contributed by atoms with Crippen molar-refractivity contribution < 1.29 is 4.74 Å². The average molecular weight is 223 g/mol. The molecule has 0 atom stereocenters. The molecule has 3 rings (SSSR count). The lowest BCUT2D eigenvalue weighted by atomic mass is 10.2. The van der Waals surface area contributed by atoms with Gasteiger partial charge in [0.2, 0.25) is 0 Å². The second kappa shape index (κ2) is 3.98. The van der Waals surface area contributed by atoms with E-state index in [-0.39, 0.29) is 0 Å². The maximum Gasteiger partial charge on any atom is 0.143 e. The predicted octanol–water partition coefficient (Wildman–Crippen LogP) is 3.64. The number of hydrogen-bond acceptors (Lipinski definition) is 1. The number of rotatable bonds is 2. The van der Waals surface area contributed by atoms with Gasteiger partial charge in [-0.05, 0) is 24.3 Å².